The second kappa shape index (κ2) is 3.63. The maximum absolute atomic E-state index is 5.38. The van der Waals surface area contributed by atoms with Gasteiger partial charge in [0, 0.05) is 0 Å². The first kappa shape index (κ1) is 9.90. The molecule has 2 aromatic rings. The molecule has 3 heteroatoms. The number of fused-ring (bicyclic) bond motifs is 3. The van der Waals surface area contributed by atoms with Gasteiger partial charge in [-0.2, -0.15) is 0 Å². The first-order valence-corrected chi connectivity index (χ1v) is 5.55. The summed E-state index contributed by atoms with van der Waals surface area (Å²) < 4.78 is 0. The molecule has 4 N–H and O–H groups in total. The molecule has 0 unspecified atom stereocenters. The van der Waals surface area contributed by atoms with E-state index in [9.17, 15) is 0 Å². The van der Waals surface area contributed by atoms with E-state index in [1.54, 1.807) is 0 Å². The van der Waals surface area contributed by atoms with E-state index < -0.39 is 0 Å². The van der Waals surface area contributed by atoms with Gasteiger partial charge < -0.3 is 11.5 Å². The van der Waals surface area contributed by atoms with E-state index >= 15 is 0 Å². The highest BCUT2D eigenvalue weighted by molar-refractivity contribution is 5.81. The van der Waals surface area contributed by atoms with Crippen molar-refractivity contribution in [2.75, 3.05) is 0 Å². The third-order valence-electron chi connectivity index (χ3n) is 3.04. The van der Waals surface area contributed by atoms with E-state index in [4.69, 9.17) is 11.5 Å². The molecule has 1 aliphatic carbocycles. The van der Waals surface area contributed by atoms with Gasteiger partial charge in [0.05, 0.1) is 5.69 Å². The minimum Gasteiger partial charge on any atom is -0.370 e. The molecule has 3 rings (SSSR count). The van der Waals surface area contributed by atoms with Crippen LogP contribution in [0.2, 0.25) is 0 Å². The van der Waals surface area contributed by atoms with Crippen LogP contribution in [0.25, 0.3) is 11.1 Å². The first-order valence-electron chi connectivity index (χ1n) is 5.55. The van der Waals surface area contributed by atoms with E-state index in [2.05, 4.69) is 41.4 Å². The summed E-state index contributed by atoms with van der Waals surface area (Å²) in [7, 11) is 0. The molecule has 0 fully saturated rings. The van der Waals surface area contributed by atoms with Gasteiger partial charge in [-0.05, 0) is 40.8 Å². The van der Waals surface area contributed by atoms with Crippen molar-refractivity contribution >= 4 is 11.6 Å². The van der Waals surface area contributed by atoms with E-state index in [1.807, 2.05) is 6.07 Å². The van der Waals surface area contributed by atoms with E-state index in [-0.39, 0.29) is 5.96 Å². The zero-order chi connectivity index (χ0) is 11.8. The van der Waals surface area contributed by atoms with Crippen LogP contribution < -0.4 is 11.5 Å². The summed E-state index contributed by atoms with van der Waals surface area (Å²) in [5.41, 5.74) is 16.8. The van der Waals surface area contributed by atoms with E-state index in [1.165, 1.54) is 22.3 Å². The summed E-state index contributed by atoms with van der Waals surface area (Å²) in [4.78, 5) is 4.07. The van der Waals surface area contributed by atoms with Crippen LogP contribution >= 0.6 is 0 Å². The fourth-order valence-electron chi connectivity index (χ4n) is 2.35. The average molecular weight is 223 g/mol. The fraction of sp³-hybridized carbons (Fsp3) is 0.0714. The van der Waals surface area contributed by atoms with Crippen LogP contribution in [0.5, 0.6) is 0 Å². The predicted octanol–water partition coefficient (Wildman–Crippen LogP) is 2.16. The molecular weight excluding hydrogens is 210 g/mol. The average Bonchev–Trinajstić information content (AvgIpc) is 2.65. The topological polar surface area (TPSA) is 64.4 Å². The van der Waals surface area contributed by atoms with E-state index in [0.717, 1.165) is 12.1 Å². The minimum absolute atomic E-state index is 0.0976. The Morgan fingerprint density at radius 2 is 1.71 bits per heavy atom. The molecule has 84 valence electrons. The Kier molecular flexibility index (Phi) is 2.11. The van der Waals surface area contributed by atoms with Gasteiger partial charge in [-0.1, -0.05) is 30.3 Å². The molecule has 0 atom stereocenters. The van der Waals surface area contributed by atoms with Crippen molar-refractivity contribution in [1.29, 1.82) is 0 Å². The summed E-state index contributed by atoms with van der Waals surface area (Å²) in [6, 6.07) is 14.5. The normalized spacial score (nSPS) is 11.8. The number of hydrogen-bond acceptors (Lipinski definition) is 1. The SMILES string of the molecule is NC(N)=Nc1ccc2c(c1)Cc1ccccc1-2. The van der Waals surface area contributed by atoms with Gasteiger partial charge >= 0.3 is 0 Å². The second-order valence-electron chi connectivity index (χ2n) is 4.21. The van der Waals surface area contributed by atoms with Gasteiger partial charge in [-0.25, -0.2) is 4.99 Å². The van der Waals surface area contributed by atoms with Crippen molar-refractivity contribution in [3.8, 4) is 11.1 Å². The molecule has 0 radical (unpaired) electrons. The van der Waals surface area contributed by atoms with Crippen molar-refractivity contribution in [2.45, 2.75) is 6.42 Å². The van der Waals surface area contributed by atoms with Crippen LogP contribution in [-0.4, -0.2) is 5.96 Å². The maximum Gasteiger partial charge on any atom is 0.191 e. The Balaban J connectivity index is 2.10. The second-order valence-corrected chi connectivity index (χ2v) is 4.21. The van der Waals surface area contributed by atoms with E-state index in [0.29, 0.717) is 0 Å². The largest absolute Gasteiger partial charge is 0.370 e. The Morgan fingerprint density at radius 3 is 2.53 bits per heavy atom. The molecule has 0 aromatic heterocycles. The molecule has 1 aliphatic rings. The van der Waals surface area contributed by atoms with Gasteiger partial charge in [-0.3, -0.25) is 0 Å². The molecule has 0 amide bonds. The van der Waals surface area contributed by atoms with Crippen molar-refractivity contribution in [1.82, 2.24) is 0 Å². The number of nitrogens with zero attached hydrogens (tertiary/aromatic N) is 1. The summed E-state index contributed by atoms with van der Waals surface area (Å²) in [5, 5.41) is 0. The summed E-state index contributed by atoms with van der Waals surface area (Å²) >= 11 is 0. The fourth-order valence-corrected chi connectivity index (χ4v) is 2.35. The van der Waals surface area contributed by atoms with Gasteiger partial charge in [0.2, 0.25) is 0 Å². The highest BCUT2D eigenvalue weighted by atomic mass is 15.0. The first-order chi connectivity index (χ1) is 8.24. The Morgan fingerprint density at radius 1 is 0.941 bits per heavy atom. The molecule has 0 saturated carbocycles. The van der Waals surface area contributed by atoms with Crippen molar-refractivity contribution in [3.05, 3.63) is 53.6 Å². The standard InChI is InChI=1S/C14H13N3/c15-14(16)17-11-5-6-13-10(8-11)7-9-3-1-2-4-12(9)13/h1-6,8H,7H2,(H4,15,16,17). The lowest BCUT2D eigenvalue weighted by atomic mass is 10.1. The molecule has 0 saturated heterocycles. The third kappa shape index (κ3) is 1.65. The number of rotatable bonds is 1. The molecule has 3 nitrogen and oxygen atoms in total. The minimum atomic E-state index is 0.0976. The third-order valence-corrected chi connectivity index (χ3v) is 3.04. The molecule has 0 aliphatic heterocycles. The zero-order valence-electron chi connectivity index (χ0n) is 9.35. The lowest BCUT2D eigenvalue weighted by Gasteiger charge is -2.01. The van der Waals surface area contributed by atoms with Gasteiger partial charge in [-0.15, -0.1) is 0 Å². The van der Waals surface area contributed by atoms with Gasteiger partial charge in [0.1, 0.15) is 0 Å². The number of nitrogens with two attached hydrogens (primary N) is 2. The molecule has 0 bridgehead atoms. The summed E-state index contributed by atoms with van der Waals surface area (Å²) in [6.07, 6.45) is 0.958. The number of benzene rings is 2. The number of hydrogen-bond donors (Lipinski definition) is 2. The smallest absolute Gasteiger partial charge is 0.191 e. The lowest BCUT2D eigenvalue weighted by Crippen LogP contribution is -2.21. The predicted molar refractivity (Wildman–Crippen MR) is 70.2 cm³/mol. The van der Waals surface area contributed by atoms with Crippen LogP contribution in [0.15, 0.2) is 47.5 Å². The van der Waals surface area contributed by atoms with Crippen molar-refractivity contribution in [2.24, 2.45) is 16.5 Å². The Hall–Kier alpha value is -2.29. The zero-order valence-corrected chi connectivity index (χ0v) is 9.35. The molecule has 0 spiro atoms. The highest BCUT2D eigenvalue weighted by Gasteiger charge is 2.17. The molecular formula is C14H13N3. The monoisotopic (exact) mass is 223 g/mol. The number of guanidine groups is 1. The van der Waals surface area contributed by atoms with Crippen LogP contribution in [0.3, 0.4) is 0 Å². The summed E-state index contributed by atoms with van der Waals surface area (Å²) in [6.45, 7) is 0. The van der Waals surface area contributed by atoms with Gasteiger partial charge in [0.25, 0.3) is 0 Å². The van der Waals surface area contributed by atoms with Crippen molar-refractivity contribution < 1.29 is 0 Å². The van der Waals surface area contributed by atoms with Crippen LogP contribution in [0, 0.1) is 0 Å². The lowest BCUT2D eigenvalue weighted by molar-refractivity contribution is 1.26. The molecule has 2 aromatic carbocycles. The van der Waals surface area contributed by atoms with Crippen LogP contribution in [-0.2, 0) is 6.42 Å². The molecule has 17 heavy (non-hydrogen) atoms. The molecule has 0 heterocycles. The van der Waals surface area contributed by atoms with Crippen molar-refractivity contribution in [3.63, 3.8) is 0 Å². The Labute approximate surface area is 99.8 Å². The van der Waals surface area contributed by atoms with Crippen LogP contribution in [0.1, 0.15) is 11.1 Å². The highest BCUT2D eigenvalue weighted by Crippen LogP contribution is 2.37. The van der Waals surface area contributed by atoms with Gasteiger partial charge in [0.15, 0.2) is 5.96 Å². The maximum atomic E-state index is 5.38. The van der Waals surface area contributed by atoms with Crippen LogP contribution in [0.4, 0.5) is 5.69 Å². The summed E-state index contributed by atoms with van der Waals surface area (Å²) in [5.74, 6) is 0.0976. The Bertz CT molecular complexity index is 611. The number of aliphatic imine (C=N–C) groups is 1. The quantitative estimate of drug-likeness (QED) is 0.490.